The van der Waals surface area contributed by atoms with Gasteiger partial charge < -0.3 is 9.73 Å². The van der Waals surface area contributed by atoms with E-state index in [1.54, 1.807) is 0 Å². The number of aromatic nitrogens is 1. The van der Waals surface area contributed by atoms with Crippen LogP contribution < -0.4 is 5.32 Å². The zero-order valence-corrected chi connectivity index (χ0v) is 10.6. The van der Waals surface area contributed by atoms with Gasteiger partial charge in [0, 0.05) is 24.6 Å². The fourth-order valence-corrected chi connectivity index (χ4v) is 2.07. The molecule has 0 unspecified atom stereocenters. The van der Waals surface area contributed by atoms with Gasteiger partial charge in [-0.25, -0.2) is 4.98 Å². The van der Waals surface area contributed by atoms with E-state index in [1.807, 2.05) is 18.3 Å². The number of oxazole rings is 1. The van der Waals surface area contributed by atoms with Crippen LogP contribution in [0.4, 0.5) is 0 Å². The third-order valence-corrected chi connectivity index (χ3v) is 3.31. The molecule has 1 aliphatic carbocycles. The van der Waals surface area contributed by atoms with Crippen LogP contribution in [0.15, 0.2) is 34.9 Å². The molecule has 3 heteroatoms. The van der Waals surface area contributed by atoms with Crippen molar-refractivity contribution in [3.8, 4) is 11.3 Å². The molecule has 0 spiro atoms. The first kappa shape index (κ1) is 11.5. The van der Waals surface area contributed by atoms with Crippen LogP contribution in [0, 0.1) is 6.92 Å². The Hall–Kier alpha value is -1.61. The Balaban J connectivity index is 1.66. The van der Waals surface area contributed by atoms with Crippen LogP contribution in [0.5, 0.6) is 0 Å². The van der Waals surface area contributed by atoms with Gasteiger partial charge in [-0.3, -0.25) is 0 Å². The summed E-state index contributed by atoms with van der Waals surface area (Å²) in [6, 6.07) is 8.97. The Morgan fingerprint density at radius 1 is 1.33 bits per heavy atom. The fraction of sp³-hybridized carbons (Fsp3) is 0.400. The Kier molecular flexibility index (Phi) is 3.15. The Morgan fingerprint density at radius 3 is 2.94 bits per heavy atom. The minimum Gasteiger partial charge on any atom is -0.441 e. The Morgan fingerprint density at radius 2 is 2.17 bits per heavy atom. The largest absolute Gasteiger partial charge is 0.441 e. The highest BCUT2D eigenvalue weighted by Crippen LogP contribution is 2.24. The summed E-state index contributed by atoms with van der Waals surface area (Å²) in [4.78, 5) is 4.34. The quantitative estimate of drug-likeness (QED) is 0.876. The molecular formula is C15H18N2O. The molecule has 1 fully saturated rings. The van der Waals surface area contributed by atoms with Gasteiger partial charge >= 0.3 is 0 Å². The number of nitrogens with zero attached hydrogens (tertiary/aromatic N) is 1. The second-order valence-corrected chi connectivity index (χ2v) is 4.91. The summed E-state index contributed by atoms with van der Waals surface area (Å²) in [6.07, 6.45) is 5.33. The highest BCUT2D eigenvalue weighted by atomic mass is 16.4. The normalized spacial score (nSPS) is 14.9. The maximum atomic E-state index is 5.80. The van der Waals surface area contributed by atoms with Crippen LogP contribution in [0.2, 0.25) is 0 Å². The Labute approximate surface area is 107 Å². The van der Waals surface area contributed by atoms with Crippen molar-refractivity contribution in [1.82, 2.24) is 10.3 Å². The molecule has 94 valence electrons. The van der Waals surface area contributed by atoms with Crippen molar-refractivity contribution < 1.29 is 4.42 Å². The second-order valence-electron chi connectivity index (χ2n) is 4.91. The van der Waals surface area contributed by atoms with Gasteiger partial charge in [-0.05, 0) is 25.3 Å². The highest BCUT2D eigenvalue weighted by Gasteiger charge is 2.20. The van der Waals surface area contributed by atoms with Crippen LogP contribution >= 0.6 is 0 Å². The van der Waals surface area contributed by atoms with Crippen molar-refractivity contribution in [2.75, 3.05) is 6.54 Å². The maximum absolute atomic E-state index is 5.80. The molecule has 1 N–H and O–H groups in total. The summed E-state index contributed by atoms with van der Waals surface area (Å²) in [5.74, 6) is 1.69. The van der Waals surface area contributed by atoms with E-state index < -0.39 is 0 Å². The number of hydrogen-bond acceptors (Lipinski definition) is 3. The molecule has 0 saturated heterocycles. The van der Waals surface area contributed by atoms with Gasteiger partial charge in [0.05, 0.1) is 6.20 Å². The Bertz CT molecular complexity index is 529. The van der Waals surface area contributed by atoms with Crippen molar-refractivity contribution in [3.63, 3.8) is 0 Å². The first-order valence-corrected chi connectivity index (χ1v) is 6.57. The number of benzene rings is 1. The van der Waals surface area contributed by atoms with Gasteiger partial charge in [-0.2, -0.15) is 0 Å². The van der Waals surface area contributed by atoms with Crippen molar-refractivity contribution in [2.45, 2.75) is 32.2 Å². The number of hydrogen-bond donors (Lipinski definition) is 1. The van der Waals surface area contributed by atoms with Gasteiger partial charge in [0.1, 0.15) is 0 Å². The predicted molar refractivity (Wildman–Crippen MR) is 71.4 cm³/mol. The van der Waals surface area contributed by atoms with E-state index in [1.165, 1.54) is 18.4 Å². The second kappa shape index (κ2) is 4.94. The van der Waals surface area contributed by atoms with Gasteiger partial charge in [-0.1, -0.05) is 24.3 Å². The molecule has 1 aromatic heterocycles. The number of rotatable bonds is 5. The lowest BCUT2D eigenvalue weighted by Crippen LogP contribution is -2.19. The van der Waals surface area contributed by atoms with Gasteiger partial charge in [0.15, 0.2) is 11.7 Å². The molecule has 1 heterocycles. The average molecular weight is 242 g/mol. The minimum absolute atomic E-state index is 0.746. The van der Waals surface area contributed by atoms with Crippen molar-refractivity contribution >= 4 is 0 Å². The van der Waals surface area contributed by atoms with Crippen molar-refractivity contribution in [1.29, 1.82) is 0 Å². The first-order chi connectivity index (χ1) is 8.83. The summed E-state index contributed by atoms with van der Waals surface area (Å²) in [6.45, 7) is 3.05. The summed E-state index contributed by atoms with van der Waals surface area (Å²) in [5, 5.41) is 3.47. The molecule has 18 heavy (non-hydrogen) atoms. The van der Waals surface area contributed by atoms with Gasteiger partial charge in [0.2, 0.25) is 0 Å². The molecule has 1 aliphatic rings. The molecule has 1 saturated carbocycles. The third-order valence-electron chi connectivity index (χ3n) is 3.31. The van der Waals surface area contributed by atoms with E-state index >= 15 is 0 Å². The zero-order valence-electron chi connectivity index (χ0n) is 10.6. The van der Waals surface area contributed by atoms with Crippen LogP contribution in [0.25, 0.3) is 11.3 Å². The molecule has 0 atom stereocenters. The van der Waals surface area contributed by atoms with Crippen LogP contribution in [0.3, 0.4) is 0 Å². The monoisotopic (exact) mass is 242 g/mol. The van der Waals surface area contributed by atoms with Crippen molar-refractivity contribution in [3.05, 3.63) is 41.9 Å². The van der Waals surface area contributed by atoms with Gasteiger partial charge in [-0.15, -0.1) is 0 Å². The smallest absolute Gasteiger partial charge is 0.196 e. The lowest BCUT2D eigenvalue weighted by Gasteiger charge is -2.01. The van der Waals surface area contributed by atoms with Crippen LogP contribution in [0.1, 0.15) is 24.3 Å². The maximum Gasteiger partial charge on any atom is 0.196 e. The number of aryl methyl sites for hydroxylation is 1. The fourth-order valence-electron chi connectivity index (χ4n) is 2.07. The SMILES string of the molecule is Cc1ccccc1-c1cnc(CCNC2CC2)o1. The lowest BCUT2D eigenvalue weighted by atomic mass is 10.1. The summed E-state index contributed by atoms with van der Waals surface area (Å²) < 4.78 is 5.80. The molecule has 0 bridgehead atoms. The van der Waals surface area contributed by atoms with Crippen LogP contribution in [-0.2, 0) is 6.42 Å². The van der Waals surface area contributed by atoms with Crippen LogP contribution in [-0.4, -0.2) is 17.6 Å². The van der Waals surface area contributed by atoms with E-state index in [2.05, 4.69) is 29.4 Å². The molecule has 1 aromatic carbocycles. The predicted octanol–water partition coefficient (Wildman–Crippen LogP) is 2.94. The zero-order chi connectivity index (χ0) is 12.4. The average Bonchev–Trinajstić information content (AvgIpc) is 3.08. The highest BCUT2D eigenvalue weighted by molar-refractivity contribution is 5.60. The molecule has 3 rings (SSSR count). The summed E-state index contributed by atoms with van der Waals surface area (Å²) in [7, 11) is 0. The standard InChI is InChI=1S/C15H18N2O/c1-11-4-2-3-5-13(11)14-10-17-15(18-14)8-9-16-12-6-7-12/h2-5,10,12,16H,6-9H2,1H3. The molecular weight excluding hydrogens is 224 g/mol. The molecule has 0 radical (unpaired) electrons. The number of nitrogens with one attached hydrogen (secondary N) is 1. The third kappa shape index (κ3) is 2.62. The van der Waals surface area contributed by atoms with E-state index in [0.29, 0.717) is 0 Å². The van der Waals surface area contributed by atoms with E-state index in [-0.39, 0.29) is 0 Å². The summed E-state index contributed by atoms with van der Waals surface area (Å²) >= 11 is 0. The first-order valence-electron chi connectivity index (χ1n) is 6.57. The minimum atomic E-state index is 0.746. The van der Waals surface area contributed by atoms with Gasteiger partial charge in [0.25, 0.3) is 0 Å². The lowest BCUT2D eigenvalue weighted by molar-refractivity contribution is 0.494. The summed E-state index contributed by atoms with van der Waals surface area (Å²) in [5.41, 5.74) is 2.35. The topological polar surface area (TPSA) is 38.1 Å². The van der Waals surface area contributed by atoms with E-state index in [4.69, 9.17) is 4.42 Å². The molecule has 2 aromatic rings. The van der Waals surface area contributed by atoms with E-state index in [9.17, 15) is 0 Å². The van der Waals surface area contributed by atoms with Crippen molar-refractivity contribution in [2.24, 2.45) is 0 Å². The molecule has 3 nitrogen and oxygen atoms in total. The molecule has 0 amide bonds. The van der Waals surface area contributed by atoms with E-state index in [0.717, 1.165) is 36.2 Å². The molecule has 0 aliphatic heterocycles.